The Labute approximate surface area is 98.2 Å². The van der Waals surface area contributed by atoms with Crippen molar-refractivity contribution in [2.24, 2.45) is 11.5 Å². The molecule has 0 unspecified atom stereocenters. The Bertz CT molecular complexity index is 228. The zero-order valence-corrected chi connectivity index (χ0v) is 11.2. The van der Waals surface area contributed by atoms with Gasteiger partial charge in [-0.05, 0) is 25.7 Å². The smallest absolute Gasteiger partial charge is 0.0178 e. The van der Waals surface area contributed by atoms with Gasteiger partial charge in [-0.3, -0.25) is 0 Å². The molecule has 0 heterocycles. The van der Waals surface area contributed by atoms with Gasteiger partial charge in [-0.15, -0.1) is 0 Å². The Hall–Kier alpha value is -0.570. The van der Waals surface area contributed by atoms with Crippen LogP contribution in [0.3, 0.4) is 0 Å². The third-order valence-electron chi connectivity index (χ3n) is 2.37. The molecule has 0 aliphatic carbocycles. The molecule has 3 heteroatoms. The van der Waals surface area contributed by atoms with Gasteiger partial charge in [0.1, 0.15) is 0 Å². The fourth-order valence-corrected chi connectivity index (χ4v) is 2.41. The van der Waals surface area contributed by atoms with Gasteiger partial charge in [0.25, 0.3) is 0 Å². The lowest BCUT2D eigenvalue weighted by Gasteiger charge is -2.12. The van der Waals surface area contributed by atoms with Crippen molar-refractivity contribution in [3.63, 3.8) is 0 Å². The van der Waals surface area contributed by atoms with Gasteiger partial charge in [-0.1, -0.05) is 39.5 Å². The van der Waals surface area contributed by atoms with Crippen molar-refractivity contribution in [2.45, 2.75) is 53.4 Å². The van der Waals surface area contributed by atoms with Crippen LogP contribution in [-0.4, -0.2) is 0 Å². The number of hydrogen-bond donors (Lipinski definition) is 2. The van der Waals surface area contributed by atoms with Crippen molar-refractivity contribution in [1.82, 2.24) is 0 Å². The highest BCUT2D eigenvalue weighted by atomic mass is 32.2. The zero-order chi connectivity index (χ0) is 11.8. The summed E-state index contributed by atoms with van der Waals surface area (Å²) in [4.78, 5) is 2.54. The van der Waals surface area contributed by atoms with Crippen molar-refractivity contribution in [2.75, 3.05) is 0 Å². The molecule has 0 saturated carbocycles. The molecule has 2 nitrogen and oxygen atoms in total. The van der Waals surface area contributed by atoms with E-state index < -0.39 is 0 Å². The first kappa shape index (κ1) is 14.4. The van der Waals surface area contributed by atoms with Crippen molar-refractivity contribution in [3.8, 4) is 0 Å². The summed E-state index contributed by atoms with van der Waals surface area (Å²) in [5.74, 6) is 0. The molecule has 0 aliphatic rings. The summed E-state index contributed by atoms with van der Waals surface area (Å²) in [6.45, 7) is 8.45. The predicted molar refractivity (Wildman–Crippen MR) is 71.2 cm³/mol. The van der Waals surface area contributed by atoms with Crippen molar-refractivity contribution in [3.05, 3.63) is 21.2 Å². The van der Waals surface area contributed by atoms with E-state index in [1.807, 2.05) is 0 Å². The van der Waals surface area contributed by atoms with Gasteiger partial charge < -0.3 is 11.5 Å². The van der Waals surface area contributed by atoms with E-state index in [2.05, 4.69) is 27.7 Å². The molecule has 88 valence electrons. The van der Waals surface area contributed by atoms with Crippen LogP contribution in [-0.2, 0) is 0 Å². The fraction of sp³-hybridized carbons (Fsp3) is 0.667. The highest BCUT2D eigenvalue weighted by Gasteiger charge is 2.07. The minimum Gasteiger partial charge on any atom is -0.401 e. The summed E-state index contributed by atoms with van der Waals surface area (Å²) in [6, 6.07) is 0. The summed E-state index contributed by atoms with van der Waals surface area (Å²) >= 11 is 1.76. The predicted octanol–water partition coefficient (Wildman–Crippen LogP) is 3.70. The van der Waals surface area contributed by atoms with E-state index in [1.165, 1.54) is 9.81 Å². The van der Waals surface area contributed by atoms with Crippen LogP contribution >= 0.6 is 11.8 Å². The topological polar surface area (TPSA) is 52.0 Å². The summed E-state index contributed by atoms with van der Waals surface area (Å²) in [6.07, 6.45) is 3.81. The number of thioether (sulfide) groups is 1. The molecule has 15 heavy (non-hydrogen) atoms. The van der Waals surface area contributed by atoms with E-state index in [1.54, 1.807) is 11.8 Å². The van der Waals surface area contributed by atoms with Crippen molar-refractivity contribution in [1.29, 1.82) is 0 Å². The number of rotatable bonds is 6. The molecule has 0 atom stereocenters. The summed E-state index contributed by atoms with van der Waals surface area (Å²) in [5, 5.41) is 0. The molecule has 0 fully saturated rings. The van der Waals surface area contributed by atoms with Gasteiger partial charge in [0.2, 0.25) is 0 Å². The Kier molecular flexibility index (Phi) is 7.39. The van der Waals surface area contributed by atoms with E-state index in [0.717, 1.165) is 37.1 Å². The molecule has 4 N–H and O–H groups in total. The standard InChI is InChI=1S/C12H24N2S/c1-5-9(13)11(7-3)15-12(8-4)10(14)6-2/h5-8,13-14H2,1-4H3/b11-9-,12-10-. The van der Waals surface area contributed by atoms with E-state index in [9.17, 15) is 0 Å². The first-order valence-corrected chi connectivity index (χ1v) is 6.54. The molecular weight excluding hydrogens is 204 g/mol. The molecule has 0 amide bonds. The lowest BCUT2D eigenvalue weighted by Crippen LogP contribution is -2.02. The minimum absolute atomic E-state index is 0.916. The van der Waals surface area contributed by atoms with E-state index in [4.69, 9.17) is 11.5 Å². The Morgan fingerprint density at radius 3 is 1.27 bits per heavy atom. The third-order valence-corrected chi connectivity index (χ3v) is 3.96. The molecule has 0 saturated heterocycles. The molecule has 0 bridgehead atoms. The second kappa shape index (κ2) is 7.69. The second-order valence-corrected chi connectivity index (χ2v) is 4.60. The second-order valence-electron chi connectivity index (χ2n) is 3.41. The van der Waals surface area contributed by atoms with Gasteiger partial charge in [0.15, 0.2) is 0 Å². The summed E-state index contributed by atoms with van der Waals surface area (Å²) in [5.41, 5.74) is 13.9. The van der Waals surface area contributed by atoms with Crippen LogP contribution in [0.5, 0.6) is 0 Å². The SMILES string of the molecule is CC/C(N)=C(\CC)S/C(CC)=C(\N)CC. The Morgan fingerprint density at radius 2 is 1.07 bits per heavy atom. The lowest BCUT2D eigenvalue weighted by atomic mass is 10.3. The largest absolute Gasteiger partial charge is 0.401 e. The number of allylic oxidation sites excluding steroid dienone is 4. The molecule has 0 aliphatic heterocycles. The quantitative estimate of drug-likeness (QED) is 0.729. The van der Waals surface area contributed by atoms with Crippen molar-refractivity contribution < 1.29 is 0 Å². The number of hydrogen-bond acceptors (Lipinski definition) is 3. The molecule has 0 rings (SSSR count). The van der Waals surface area contributed by atoms with Crippen molar-refractivity contribution >= 4 is 11.8 Å². The lowest BCUT2D eigenvalue weighted by molar-refractivity contribution is 1.01. The van der Waals surface area contributed by atoms with E-state index in [-0.39, 0.29) is 0 Å². The van der Waals surface area contributed by atoms with Gasteiger partial charge in [0.05, 0.1) is 0 Å². The third kappa shape index (κ3) is 4.65. The van der Waals surface area contributed by atoms with Crippen LogP contribution in [0.25, 0.3) is 0 Å². The van der Waals surface area contributed by atoms with Crippen LogP contribution in [0.15, 0.2) is 21.2 Å². The average Bonchev–Trinajstić information content (AvgIpc) is 2.28. The molecule has 0 aromatic carbocycles. The molecule has 0 aromatic heterocycles. The number of nitrogens with two attached hydrogens (primary N) is 2. The maximum atomic E-state index is 5.97. The Balaban J connectivity index is 4.82. The van der Waals surface area contributed by atoms with Crippen LogP contribution in [0.2, 0.25) is 0 Å². The molecular formula is C12H24N2S. The zero-order valence-electron chi connectivity index (χ0n) is 10.4. The maximum absolute atomic E-state index is 5.97. The van der Waals surface area contributed by atoms with E-state index >= 15 is 0 Å². The van der Waals surface area contributed by atoms with Gasteiger partial charge in [-0.25, -0.2) is 0 Å². The normalized spacial score (nSPS) is 14.7. The monoisotopic (exact) mass is 228 g/mol. The van der Waals surface area contributed by atoms with Gasteiger partial charge in [0, 0.05) is 21.2 Å². The highest BCUT2D eigenvalue weighted by Crippen LogP contribution is 2.33. The molecule has 0 spiro atoms. The van der Waals surface area contributed by atoms with Gasteiger partial charge >= 0.3 is 0 Å². The van der Waals surface area contributed by atoms with E-state index in [0.29, 0.717) is 0 Å². The molecule has 0 aromatic rings. The highest BCUT2D eigenvalue weighted by molar-refractivity contribution is 8.06. The fourth-order valence-electron chi connectivity index (χ4n) is 1.27. The van der Waals surface area contributed by atoms with Crippen LogP contribution in [0, 0.1) is 0 Å². The summed E-state index contributed by atoms with van der Waals surface area (Å²) < 4.78 is 0. The average molecular weight is 228 g/mol. The first-order valence-electron chi connectivity index (χ1n) is 5.73. The molecule has 0 radical (unpaired) electrons. The summed E-state index contributed by atoms with van der Waals surface area (Å²) in [7, 11) is 0. The Morgan fingerprint density at radius 1 is 0.733 bits per heavy atom. The minimum atomic E-state index is 0.916. The van der Waals surface area contributed by atoms with Gasteiger partial charge in [-0.2, -0.15) is 0 Å². The van der Waals surface area contributed by atoms with Crippen LogP contribution < -0.4 is 11.5 Å². The first-order chi connectivity index (χ1) is 7.10. The van der Waals surface area contributed by atoms with Crippen LogP contribution in [0.1, 0.15) is 53.4 Å². The van der Waals surface area contributed by atoms with Crippen LogP contribution in [0.4, 0.5) is 0 Å². The maximum Gasteiger partial charge on any atom is 0.0178 e.